The zero-order chi connectivity index (χ0) is 21.3. The van der Waals surface area contributed by atoms with E-state index in [0.717, 1.165) is 55.8 Å². The van der Waals surface area contributed by atoms with E-state index in [1.165, 1.54) is 4.90 Å². The molecule has 7 nitrogen and oxygen atoms in total. The van der Waals surface area contributed by atoms with E-state index in [1.807, 2.05) is 27.7 Å². The highest BCUT2D eigenvalue weighted by Crippen LogP contribution is 2.56. The molecule has 1 saturated heterocycles. The van der Waals surface area contributed by atoms with E-state index in [2.05, 4.69) is 10.2 Å². The van der Waals surface area contributed by atoms with Gasteiger partial charge in [0.1, 0.15) is 5.82 Å². The van der Waals surface area contributed by atoms with E-state index in [9.17, 15) is 14.0 Å². The lowest BCUT2D eigenvalue weighted by molar-refractivity contribution is -0.153. The van der Waals surface area contributed by atoms with Gasteiger partial charge in [0.2, 0.25) is 5.91 Å². The van der Waals surface area contributed by atoms with Crippen LogP contribution in [0.3, 0.4) is 0 Å². The average molecular weight is 444 g/mol. The summed E-state index contributed by atoms with van der Waals surface area (Å²) in [7, 11) is 0. The summed E-state index contributed by atoms with van der Waals surface area (Å²) in [6.07, 6.45) is 4.05. The van der Waals surface area contributed by atoms with Gasteiger partial charge in [0.15, 0.2) is 12.5 Å². The quantitative estimate of drug-likeness (QED) is 0.731. The summed E-state index contributed by atoms with van der Waals surface area (Å²) in [5.41, 5.74) is 1.97. The van der Waals surface area contributed by atoms with Gasteiger partial charge in [-0.1, -0.05) is 11.6 Å². The third-order valence-electron chi connectivity index (χ3n) is 7.21. The topological polar surface area (TPSA) is 71.3 Å². The van der Waals surface area contributed by atoms with Crippen molar-refractivity contribution in [1.29, 1.82) is 0 Å². The SMILES string of the molecule is O=C(CF)N1Cc2cc(Cl)ccc2-n2c(nnc2C2CC3(C2)CN(C(=O)C2CC2)C3)C1. The number of benzene rings is 1. The predicted molar refractivity (Wildman–Crippen MR) is 110 cm³/mol. The van der Waals surface area contributed by atoms with Gasteiger partial charge < -0.3 is 9.80 Å². The smallest absolute Gasteiger partial charge is 0.254 e. The molecule has 162 valence electrons. The lowest BCUT2D eigenvalue weighted by Crippen LogP contribution is -2.63. The maximum atomic E-state index is 13.1. The molecule has 0 bridgehead atoms. The zero-order valence-electron chi connectivity index (χ0n) is 17.1. The molecule has 0 N–H and O–H groups in total. The molecule has 1 aromatic heterocycles. The molecule has 2 aliphatic heterocycles. The Balaban J connectivity index is 1.27. The molecular weight excluding hydrogens is 421 g/mol. The minimum absolute atomic E-state index is 0.212. The first kappa shape index (κ1) is 19.2. The van der Waals surface area contributed by atoms with E-state index < -0.39 is 12.6 Å². The standard InChI is InChI=1S/C22H23ClFN5O2/c23-16-3-4-17-14(5-16)9-27(19(30)8-24)10-18-25-26-20(29(17)18)15-6-22(7-15)11-28(12-22)21(31)13-1-2-13/h3-5,13,15H,1-2,6-12H2. The largest absolute Gasteiger partial charge is 0.341 e. The van der Waals surface area contributed by atoms with Crippen LogP contribution in [0.4, 0.5) is 4.39 Å². The molecule has 1 aromatic carbocycles. The Morgan fingerprint density at radius 3 is 2.61 bits per heavy atom. The molecule has 2 saturated carbocycles. The van der Waals surface area contributed by atoms with Crippen LogP contribution in [-0.2, 0) is 22.7 Å². The van der Waals surface area contributed by atoms with Crippen molar-refractivity contribution >= 4 is 23.4 Å². The molecule has 0 radical (unpaired) electrons. The normalized spacial score (nSPS) is 21.7. The first-order chi connectivity index (χ1) is 15.0. The molecule has 3 fully saturated rings. The van der Waals surface area contributed by atoms with Crippen molar-refractivity contribution in [3.8, 4) is 5.69 Å². The molecule has 3 heterocycles. The van der Waals surface area contributed by atoms with Crippen molar-refractivity contribution in [3.63, 3.8) is 0 Å². The lowest BCUT2D eigenvalue weighted by Gasteiger charge is -2.58. The molecule has 0 unspecified atom stereocenters. The van der Waals surface area contributed by atoms with E-state index in [4.69, 9.17) is 11.6 Å². The van der Waals surface area contributed by atoms with Gasteiger partial charge in [-0.15, -0.1) is 10.2 Å². The van der Waals surface area contributed by atoms with Crippen LogP contribution < -0.4 is 0 Å². The van der Waals surface area contributed by atoms with Crippen molar-refractivity contribution < 1.29 is 14.0 Å². The lowest BCUT2D eigenvalue weighted by atomic mass is 9.57. The summed E-state index contributed by atoms with van der Waals surface area (Å²) < 4.78 is 15.1. The molecule has 2 aliphatic carbocycles. The van der Waals surface area contributed by atoms with Crippen LogP contribution in [0.15, 0.2) is 18.2 Å². The van der Waals surface area contributed by atoms with Crippen LogP contribution in [0.1, 0.15) is 48.8 Å². The molecule has 4 aliphatic rings. The number of fused-ring (bicyclic) bond motifs is 3. The van der Waals surface area contributed by atoms with Crippen LogP contribution in [0.5, 0.6) is 0 Å². The summed E-state index contributed by atoms with van der Waals surface area (Å²) >= 11 is 6.21. The van der Waals surface area contributed by atoms with E-state index in [-0.39, 0.29) is 30.3 Å². The molecule has 2 amide bonds. The van der Waals surface area contributed by atoms with Crippen LogP contribution in [0.25, 0.3) is 5.69 Å². The Hall–Kier alpha value is -2.48. The van der Waals surface area contributed by atoms with Gasteiger partial charge in [-0.05, 0) is 49.4 Å². The summed E-state index contributed by atoms with van der Waals surface area (Å²) in [5, 5.41) is 9.43. The monoisotopic (exact) mass is 443 g/mol. The molecule has 0 atom stereocenters. The van der Waals surface area contributed by atoms with Gasteiger partial charge in [0.25, 0.3) is 5.91 Å². The number of halogens is 2. The summed E-state index contributed by atoms with van der Waals surface area (Å²) in [5.74, 6) is 1.81. The third-order valence-corrected chi connectivity index (χ3v) is 7.45. The first-order valence-corrected chi connectivity index (χ1v) is 11.2. The Morgan fingerprint density at radius 2 is 1.90 bits per heavy atom. The van der Waals surface area contributed by atoms with E-state index in [0.29, 0.717) is 16.8 Å². The van der Waals surface area contributed by atoms with Crippen LogP contribution in [0.2, 0.25) is 5.02 Å². The average Bonchev–Trinajstić information content (AvgIpc) is 3.49. The minimum Gasteiger partial charge on any atom is -0.341 e. The van der Waals surface area contributed by atoms with Crippen molar-refractivity contribution in [1.82, 2.24) is 24.6 Å². The van der Waals surface area contributed by atoms with E-state index >= 15 is 0 Å². The number of aromatic nitrogens is 3. The molecule has 9 heteroatoms. The van der Waals surface area contributed by atoms with E-state index in [1.54, 1.807) is 0 Å². The number of carbonyl (C=O) groups excluding carboxylic acids is 2. The fourth-order valence-electron chi connectivity index (χ4n) is 5.49. The van der Waals surface area contributed by atoms with Gasteiger partial charge >= 0.3 is 0 Å². The van der Waals surface area contributed by atoms with Gasteiger partial charge in [0.05, 0.1) is 12.2 Å². The second kappa shape index (κ2) is 6.76. The number of alkyl halides is 1. The Morgan fingerprint density at radius 1 is 1.13 bits per heavy atom. The summed E-state index contributed by atoms with van der Waals surface area (Å²) in [6.45, 7) is 1.16. The predicted octanol–water partition coefficient (Wildman–Crippen LogP) is 2.85. The fourth-order valence-corrected chi connectivity index (χ4v) is 5.68. The molecular formula is C22H23ClFN5O2. The molecule has 31 heavy (non-hydrogen) atoms. The maximum Gasteiger partial charge on any atom is 0.254 e. The Bertz CT molecular complexity index is 1080. The van der Waals surface area contributed by atoms with Crippen molar-refractivity contribution in [2.45, 2.75) is 44.7 Å². The Labute approximate surface area is 184 Å². The Kier molecular flexibility index (Phi) is 4.19. The molecule has 2 aromatic rings. The van der Waals surface area contributed by atoms with Gasteiger partial charge in [-0.2, -0.15) is 0 Å². The first-order valence-electron chi connectivity index (χ1n) is 10.8. The maximum absolute atomic E-state index is 13.1. The second-order valence-electron chi connectivity index (χ2n) is 9.54. The van der Waals surface area contributed by atoms with Crippen LogP contribution in [0, 0.1) is 11.3 Å². The highest BCUT2D eigenvalue weighted by molar-refractivity contribution is 6.30. The minimum atomic E-state index is -1.04. The number of nitrogens with zero attached hydrogens (tertiary/aromatic N) is 5. The number of carbonyl (C=O) groups is 2. The van der Waals surface area contributed by atoms with Crippen molar-refractivity contribution in [3.05, 3.63) is 40.4 Å². The highest BCUT2D eigenvalue weighted by Gasteiger charge is 2.56. The number of likely N-dealkylation sites (tertiary alicyclic amines) is 1. The number of amides is 2. The third kappa shape index (κ3) is 3.06. The van der Waals surface area contributed by atoms with Gasteiger partial charge in [-0.3, -0.25) is 14.2 Å². The van der Waals surface area contributed by atoms with Gasteiger partial charge in [-0.25, -0.2) is 4.39 Å². The number of hydrogen-bond acceptors (Lipinski definition) is 4. The fraction of sp³-hybridized carbons (Fsp3) is 0.545. The van der Waals surface area contributed by atoms with Crippen LogP contribution >= 0.6 is 11.6 Å². The van der Waals surface area contributed by atoms with Crippen LogP contribution in [-0.4, -0.2) is 56.1 Å². The number of rotatable bonds is 3. The van der Waals surface area contributed by atoms with Crippen molar-refractivity contribution in [2.24, 2.45) is 11.3 Å². The summed E-state index contributed by atoms with van der Waals surface area (Å²) in [4.78, 5) is 27.9. The molecule has 1 spiro atoms. The van der Waals surface area contributed by atoms with Gasteiger partial charge in [0, 0.05) is 41.9 Å². The summed E-state index contributed by atoms with van der Waals surface area (Å²) in [6, 6.07) is 5.56. The molecule has 6 rings (SSSR count). The second-order valence-corrected chi connectivity index (χ2v) is 9.98. The number of hydrogen-bond donors (Lipinski definition) is 0. The van der Waals surface area contributed by atoms with Crippen molar-refractivity contribution in [2.75, 3.05) is 19.8 Å². The zero-order valence-corrected chi connectivity index (χ0v) is 17.8. The highest BCUT2D eigenvalue weighted by atomic mass is 35.5.